The molecule has 1 aliphatic rings. The maximum Gasteiger partial charge on any atom is 0.153 e. The van der Waals surface area contributed by atoms with Crippen molar-refractivity contribution >= 4 is 22.6 Å². The standard InChI is InChI=1S/C12H12IN3O2/c1-17-12(7-18-8-12)9-2-3-14-11(4-9)16-6-10(13)5-15-16/h2-6H,7-8H2,1H3. The Morgan fingerprint density at radius 2 is 2.33 bits per heavy atom. The van der Waals surface area contributed by atoms with Crippen molar-refractivity contribution in [1.82, 2.24) is 14.8 Å². The molecule has 3 rings (SSSR count). The van der Waals surface area contributed by atoms with Crippen LogP contribution in [0.5, 0.6) is 0 Å². The Morgan fingerprint density at radius 3 is 2.89 bits per heavy atom. The van der Waals surface area contributed by atoms with Gasteiger partial charge >= 0.3 is 0 Å². The van der Waals surface area contributed by atoms with Gasteiger partial charge in [-0.05, 0) is 40.3 Å². The first-order valence-corrected chi connectivity index (χ1v) is 6.61. The van der Waals surface area contributed by atoms with E-state index in [0.29, 0.717) is 13.2 Å². The minimum Gasteiger partial charge on any atom is -0.375 e. The fraction of sp³-hybridized carbons (Fsp3) is 0.333. The summed E-state index contributed by atoms with van der Waals surface area (Å²) >= 11 is 2.22. The SMILES string of the molecule is COC1(c2ccnc(-n3cc(I)cn3)c2)COC1. The number of pyridine rings is 1. The molecule has 1 saturated heterocycles. The van der Waals surface area contributed by atoms with Gasteiger partial charge in [0.1, 0.15) is 5.60 Å². The summed E-state index contributed by atoms with van der Waals surface area (Å²) in [6, 6.07) is 3.96. The van der Waals surface area contributed by atoms with Crippen LogP contribution < -0.4 is 0 Å². The van der Waals surface area contributed by atoms with E-state index in [4.69, 9.17) is 9.47 Å². The highest BCUT2D eigenvalue weighted by atomic mass is 127. The molecule has 0 aliphatic carbocycles. The van der Waals surface area contributed by atoms with E-state index in [-0.39, 0.29) is 5.60 Å². The second-order valence-electron chi connectivity index (χ2n) is 4.20. The van der Waals surface area contributed by atoms with Gasteiger partial charge in [-0.1, -0.05) is 0 Å². The van der Waals surface area contributed by atoms with Gasteiger partial charge in [-0.2, -0.15) is 5.10 Å². The van der Waals surface area contributed by atoms with Gasteiger partial charge in [0, 0.05) is 19.5 Å². The zero-order chi connectivity index (χ0) is 12.6. The molecule has 0 N–H and O–H groups in total. The lowest BCUT2D eigenvalue weighted by atomic mass is 9.92. The van der Waals surface area contributed by atoms with E-state index in [9.17, 15) is 0 Å². The fourth-order valence-corrected chi connectivity index (χ4v) is 2.33. The smallest absolute Gasteiger partial charge is 0.153 e. The minimum atomic E-state index is -0.321. The van der Waals surface area contributed by atoms with Gasteiger partial charge < -0.3 is 9.47 Å². The highest BCUT2D eigenvalue weighted by Gasteiger charge is 2.40. The summed E-state index contributed by atoms with van der Waals surface area (Å²) in [5.74, 6) is 0.791. The van der Waals surface area contributed by atoms with Gasteiger partial charge in [0.05, 0.1) is 23.0 Å². The second kappa shape index (κ2) is 4.60. The van der Waals surface area contributed by atoms with Gasteiger partial charge in [-0.3, -0.25) is 0 Å². The first-order chi connectivity index (χ1) is 8.73. The van der Waals surface area contributed by atoms with Crippen molar-refractivity contribution in [2.45, 2.75) is 5.60 Å². The monoisotopic (exact) mass is 357 g/mol. The zero-order valence-electron chi connectivity index (χ0n) is 9.84. The summed E-state index contributed by atoms with van der Waals surface area (Å²) in [5.41, 5.74) is 0.754. The molecule has 5 nitrogen and oxygen atoms in total. The van der Waals surface area contributed by atoms with Crippen LogP contribution in [0, 0.1) is 3.57 Å². The molecule has 0 atom stereocenters. The number of rotatable bonds is 3. The second-order valence-corrected chi connectivity index (χ2v) is 5.44. The normalized spacial score (nSPS) is 17.4. The van der Waals surface area contributed by atoms with Crippen LogP contribution in [0.4, 0.5) is 0 Å². The van der Waals surface area contributed by atoms with Crippen LogP contribution in [0.15, 0.2) is 30.7 Å². The molecule has 2 aromatic rings. The molecule has 3 heterocycles. The molecule has 0 bridgehead atoms. The molecular weight excluding hydrogens is 345 g/mol. The van der Waals surface area contributed by atoms with Crippen LogP contribution in [0.25, 0.3) is 5.82 Å². The first-order valence-electron chi connectivity index (χ1n) is 5.53. The summed E-state index contributed by atoms with van der Waals surface area (Å²) < 4.78 is 13.7. The van der Waals surface area contributed by atoms with Crippen molar-refractivity contribution in [3.8, 4) is 5.82 Å². The molecular formula is C12H12IN3O2. The molecule has 1 aliphatic heterocycles. The number of hydrogen-bond acceptors (Lipinski definition) is 4. The maximum absolute atomic E-state index is 5.57. The van der Waals surface area contributed by atoms with Crippen LogP contribution in [-0.4, -0.2) is 35.1 Å². The third-order valence-electron chi connectivity index (χ3n) is 3.12. The zero-order valence-corrected chi connectivity index (χ0v) is 12.0. The molecule has 1 fully saturated rings. The van der Waals surface area contributed by atoms with Gasteiger partial charge in [0.25, 0.3) is 0 Å². The van der Waals surface area contributed by atoms with Crippen molar-refractivity contribution in [1.29, 1.82) is 0 Å². The Kier molecular flexibility index (Phi) is 3.08. The minimum absolute atomic E-state index is 0.321. The molecule has 94 valence electrons. The lowest BCUT2D eigenvalue weighted by molar-refractivity contribution is -0.202. The predicted octanol–water partition coefficient (Wildman–Crippen LogP) is 1.74. The van der Waals surface area contributed by atoms with E-state index in [1.54, 1.807) is 24.2 Å². The fourth-order valence-electron chi connectivity index (χ4n) is 1.94. The summed E-state index contributed by atoms with van der Waals surface area (Å²) in [6.45, 7) is 1.17. The molecule has 2 aromatic heterocycles. The molecule has 18 heavy (non-hydrogen) atoms. The molecule has 0 aromatic carbocycles. The number of ether oxygens (including phenoxy) is 2. The molecule has 0 amide bonds. The maximum atomic E-state index is 5.57. The number of halogens is 1. The molecule has 0 saturated carbocycles. The van der Waals surface area contributed by atoms with Crippen molar-refractivity contribution < 1.29 is 9.47 Å². The Hall–Kier alpha value is -0.990. The third-order valence-corrected chi connectivity index (χ3v) is 3.68. The van der Waals surface area contributed by atoms with E-state index in [0.717, 1.165) is 15.0 Å². The average molecular weight is 357 g/mol. The van der Waals surface area contributed by atoms with Gasteiger partial charge in [-0.15, -0.1) is 0 Å². The number of methoxy groups -OCH3 is 1. The predicted molar refractivity (Wildman–Crippen MR) is 73.6 cm³/mol. The summed E-state index contributed by atoms with van der Waals surface area (Å²) in [7, 11) is 1.71. The van der Waals surface area contributed by atoms with Gasteiger partial charge in [-0.25, -0.2) is 9.67 Å². The molecule has 0 unspecified atom stereocenters. The third kappa shape index (κ3) is 1.94. The van der Waals surface area contributed by atoms with Crippen LogP contribution >= 0.6 is 22.6 Å². The molecule has 0 spiro atoms. The topological polar surface area (TPSA) is 49.2 Å². The summed E-state index contributed by atoms with van der Waals surface area (Å²) in [5, 5.41) is 4.25. The van der Waals surface area contributed by atoms with E-state index in [1.165, 1.54) is 0 Å². The molecule has 6 heteroatoms. The van der Waals surface area contributed by atoms with E-state index < -0.39 is 0 Å². The van der Waals surface area contributed by atoms with Crippen molar-refractivity contribution in [2.24, 2.45) is 0 Å². The lowest BCUT2D eigenvalue weighted by Crippen LogP contribution is -2.48. The van der Waals surface area contributed by atoms with Crippen LogP contribution in [0.1, 0.15) is 5.56 Å². The van der Waals surface area contributed by atoms with Crippen molar-refractivity contribution in [3.63, 3.8) is 0 Å². The quantitative estimate of drug-likeness (QED) is 0.786. The van der Waals surface area contributed by atoms with Crippen molar-refractivity contribution in [3.05, 3.63) is 39.9 Å². The Morgan fingerprint density at radius 1 is 1.50 bits per heavy atom. The van der Waals surface area contributed by atoms with E-state index in [2.05, 4.69) is 32.7 Å². The Bertz CT molecular complexity index is 560. The van der Waals surface area contributed by atoms with Crippen LogP contribution in [-0.2, 0) is 15.1 Å². The number of nitrogens with zero attached hydrogens (tertiary/aromatic N) is 3. The van der Waals surface area contributed by atoms with Crippen LogP contribution in [0.3, 0.4) is 0 Å². The summed E-state index contributed by atoms with van der Waals surface area (Å²) in [4.78, 5) is 4.33. The highest BCUT2D eigenvalue weighted by molar-refractivity contribution is 14.1. The highest BCUT2D eigenvalue weighted by Crippen LogP contribution is 2.33. The summed E-state index contributed by atoms with van der Waals surface area (Å²) in [6.07, 6.45) is 5.51. The van der Waals surface area contributed by atoms with E-state index >= 15 is 0 Å². The van der Waals surface area contributed by atoms with Gasteiger partial charge in [0.15, 0.2) is 5.82 Å². The number of hydrogen-bond donors (Lipinski definition) is 0. The largest absolute Gasteiger partial charge is 0.375 e. The Balaban J connectivity index is 1.99. The first kappa shape index (κ1) is 12.1. The molecule has 0 radical (unpaired) electrons. The van der Waals surface area contributed by atoms with E-state index in [1.807, 2.05) is 18.3 Å². The van der Waals surface area contributed by atoms with Crippen LogP contribution in [0.2, 0.25) is 0 Å². The average Bonchev–Trinajstić information content (AvgIpc) is 2.76. The Labute approximate surface area is 118 Å². The van der Waals surface area contributed by atoms with Crippen molar-refractivity contribution in [2.75, 3.05) is 20.3 Å². The van der Waals surface area contributed by atoms with Gasteiger partial charge in [0.2, 0.25) is 0 Å². The number of aromatic nitrogens is 3. The lowest BCUT2D eigenvalue weighted by Gasteiger charge is -2.40.